The van der Waals surface area contributed by atoms with Gasteiger partial charge in [-0.25, -0.2) is 4.39 Å². The maximum atomic E-state index is 13.8. The first-order valence-electron chi connectivity index (χ1n) is 6.83. The summed E-state index contributed by atoms with van der Waals surface area (Å²) >= 11 is 5.98. The van der Waals surface area contributed by atoms with Gasteiger partial charge in [-0.15, -0.1) is 0 Å². The van der Waals surface area contributed by atoms with E-state index in [9.17, 15) is 14.0 Å². The van der Waals surface area contributed by atoms with Gasteiger partial charge < -0.3 is 10.4 Å². The third-order valence-electron chi connectivity index (χ3n) is 3.65. The fourth-order valence-electron chi connectivity index (χ4n) is 2.44. The molecule has 0 aliphatic heterocycles. The van der Waals surface area contributed by atoms with E-state index in [1.165, 1.54) is 12.1 Å². The van der Waals surface area contributed by atoms with Crippen molar-refractivity contribution in [3.8, 4) is 0 Å². The molecule has 2 rings (SSSR count). The smallest absolute Gasteiger partial charge is 0.303 e. The van der Waals surface area contributed by atoms with Crippen molar-refractivity contribution in [2.45, 2.75) is 25.7 Å². The molecule has 0 heterocycles. The molecule has 6 heteroatoms. The molecule has 0 radical (unpaired) electrons. The summed E-state index contributed by atoms with van der Waals surface area (Å²) in [6.45, 7) is 2.06. The lowest BCUT2D eigenvalue weighted by Gasteiger charge is -2.10. The van der Waals surface area contributed by atoms with Crippen LogP contribution >= 0.6 is 11.6 Å². The normalized spacial score (nSPS) is 21.7. The Labute approximate surface area is 127 Å². The Morgan fingerprint density at radius 3 is 2.86 bits per heavy atom. The van der Waals surface area contributed by atoms with Crippen LogP contribution < -0.4 is 5.32 Å². The highest BCUT2D eigenvalue weighted by molar-refractivity contribution is 6.31. The van der Waals surface area contributed by atoms with E-state index in [4.69, 9.17) is 16.7 Å². The molecule has 0 bridgehead atoms. The van der Waals surface area contributed by atoms with Crippen LogP contribution in [0.1, 0.15) is 31.2 Å². The zero-order chi connectivity index (χ0) is 15.6. The summed E-state index contributed by atoms with van der Waals surface area (Å²) in [5.74, 6) is -2.05. The maximum Gasteiger partial charge on any atom is 0.303 e. The minimum absolute atomic E-state index is 0.00746. The van der Waals surface area contributed by atoms with Crippen molar-refractivity contribution in [1.82, 2.24) is 5.32 Å². The number of benzene rings is 1. The Balaban J connectivity index is 1.88. The Bertz CT molecular complexity index is 544. The van der Waals surface area contributed by atoms with Crippen LogP contribution in [0.2, 0.25) is 5.02 Å². The van der Waals surface area contributed by atoms with Crippen LogP contribution in [0, 0.1) is 17.7 Å². The molecule has 1 aromatic rings. The van der Waals surface area contributed by atoms with Crippen LogP contribution in [0.25, 0.3) is 0 Å². The summed E-state index contributed by atoms with van der Waals surface area (Å²) in [5, 5.41) is 11.7. The minimum Gasteiger partial charge on any atom is -0.481 e. The van der Waals surface area contributed by atoms with Crippen molar-refractivity contribution in [3.05, 3.63) is 34.6 Å². The Morgan fingerprint density at radius 2 is 2.24 bits per heavy atom. The number of carbonyl (C=O) groups is 2. The molecule has 21 heavy (non-hydrogen) atoms. The zero-order valence-electron chi connectivity index (χ0n) is 11.6. The summed E-state index contributed by atoms with van der Waals surface area (Å²) in [4.78, 5) is 22.5. The summed E-state index contributed by atoms with van der Waals surface area (Å²) in [5.41, 5.74) is 0.401. The number of carboxylic acid groups (broad SMARTS) is 1. The van der Waals surface area contributed by atoms with Gasteiger partial charge in [-0.1, -0.05) is 24.6 Å². The summed E-state index contributed by atoms with van der Waals surface area (Å²) in [6, 6.07) is 4.48. The molecule has 1 aliphatic rings. The maximum absolute atomic E-state index is 13.8. The molecule has 2 N–H and O–H groups in total. The minimum atomic E-state index is -0.890. The molecule has 3 atom stereocenters. The van der Waals surface area contributed by atoms with Crippen molar-refractivity contribution in [3.63, 3.8) is 0 Å². The molecule has 0 aromatic heterocycles. The average Bonchev–Trinajstić information content (AvgIpc) is 3.15. The van der Waals surface area contributed by atoms with E-state index in [1.807, 2.05) is 0 Å². The standard InChI is InChI=1S/C15H17ClFNO3/c1-8(5-13(19)20)7-18-15(21)10-6-9(10)14-11(16)3-2-4-12(14)17/h2-4,8-10H,5-7H2,1H3,(H,18,21)(H,19,20)/t8-,9-,10-/m0/s1. The van der Waals surface area contributed by atoms with Gasteiger partial charge in [0.05, 0.1) is 0 Å². The fraction of sp³-hybridized carbons (Fsp3) is 0.467. The second kappa shape index (κ2) is 6.43. The number of halogens is 2. The van der Waals surface area contributed by atoms with Crippen LogP contribution in [0.3, 0.4) is 0 Å². The molecule has 4 nitrogen and oxygen atoms in total. The van der Waals surface area contributed by atoms with Gasteiger partial charge in [0.15, 0.2) is 0 Å². The third kappa shape index (κ3) is 3.94. The second-order valence-corrected chi connectivity index (χ2v) is 5.94. The van der Waals surface area contributed by atoms with Gasteiger partial charge in [0, 0.05) is 35.4 Å². The number of aliphatic carboxylic acids is 1. The lowest BCUT2D eigenvalue weighted by atomic mass is 10.1. The van der Waals surface area contributed by atoms with Crippen molar-refractivity contribution in [1.29, 1.82) is 0 Å². The molecule has 1 fully saturated rings. The molecule has 1 aliphatic carbocycles. The van der Waals surface area contributed by atoms with E-state index in [0.29, 0.717) is 23.6 Å². The molecule has 0 spiro atoms. The van der Waals surface area contributed by atoms with E-state index < -0.39 is 5.97 Å². The first-order chi connectivity index (χ1) is 9.90. The summed E-state index contributed by atoms with van der Waals surface area (Å²) < 4.78 is 13.8. The second-order valence-electron chi connectivity index (χ2n) is 5.53. The monoisotopic (exact) mass is 313 g/mol. The number of hydrogen-bond acceptors (Lipinski definition) is 2. The van der Waals surface area contributed by atoms with Gasteiger partial charge in [-0.2, -0.15) is 0 Å². The Hall–Kier alpha value is -1.62. The lowest BCUT2D eigenvalue weighted by Crippen LogP contribution is -2.30. The number of hydrogen-bond donors (Lipinski definition) is 2. The average molecular weight is 314 g/mol. The zero-order valence-corrected chi connectivity index (χ0v) is 12.4. The van der Waals surface area contributed by atoms with Crippen molar-refractivity contribution in [2.75, 3.05) is 6.54 Å². The number of carbonyl (C=O) groups excluding carboxylic acids is 1. The predicted octanol–water partition coefficient (Wildman–Crippen LogP) is 2.81. The summed E-state index contributed by atoms with van der Waals surface area (Å²) in [7, 11) is 0. The van der Waals surface area contributed by atoms with Crippen LogP contribution in [0.15, 0.2) is 18.2 Å². The third-order valence-corrected chi connectivity index (χ3v) is 3.98. The van der Waals surface area contributed by atoms with Gasteiger partial charge >= 0.3 is 5.97 Å². The lowest BCUT2D eigenvalue weighted by molar-refractivity contribution is -0.138. The predicted molar refractivity (Wildman–Crippen MR) is 76.7 cm³/mol. The van der Waals surface area contributed by atoms with Crippen LogP contribution in [-0.2, 0) is 9.59 Å². The van der Waals surface area contributed by atoms with E-state index in [1.54, 1.807) is 13.0 Å². The molecule has 1 saturated carbocycles. The molecule has 1 aromatic carbocycles. The van der Waals surface area contributed by atoms with Gasteiger partial charge in [-0.05, 0) is 24.5 Å². The van der Waals surface area contributed by atoms with E-state index in [0.717, 1.165) is 0 Å². The highest BCUT2D eigenvalue weighted by atomic mass is 35.5. The molecular formula is C15H17ClFNO3. The van der Waals surface area contributed by atoms with E-state index in [-0.39, 0.29) is 35.9 Å². The fourth-order valence-corrected chi connectivity index (χ4v) is 2.75. The Kier molecular flexibility index (Phi) is 4.83. The molecule has 114 valence electrons. The van der Waals surface area contributed by atoms with Crippen LogP contribution in [-0.4, -0.2) is 23.5 Å². The van der Waals surface area contributed by atoms with Gasteiger partial charge in [0.2, 0.25) is 5.91 Å². The molecule has 0 saturated heterocycles. The molecule has 1 amide bonds. The highest BCUT2D eigenvalue weighted by Crippen LogP contribution is 2.50. The van der Waals surface area contributed by atoms with Crippen molar-refractivity contribution >= 4 is 23.5 Å². The highest BCUT2D eigenvalue weighted by Gasteiger charge is 2.46. The number of rotatable bonds is 6. The van der Waals surface area contributed by atoms with Crippen molar-refractivity contribution in [2.24, 2.45) is 11.8 Å². The first-order valence-corrected chi connectivity index (χ1v) is 7.21. The largest absolute Gasteiger partial charge is 0.481 e. The SMILES string of the molecule is C[C@H](CNC(=O)[C@H]1C[C@@H]1c1c(F)cccc1Cl)CC(=O)O. The Morgan fingerprint density at radius 1 is 1.52 bits per heavy atom. The topological polar surface area (TPSA) is 66.4 Å². The van der Waals surface area contributed by atoms with Crippen LogP contribution in [0.4, 0.5) is 4.39 Å². The summed E-state index contributed by atoms with van der Waals surface area (Å²) in [6.07, 6.45) is 0.577. The number of carboxylic acids is 1. The van der Waals surface area contributed by atoms with Crippen molar-refractivity contribution < 1.29 is 19.1 Å². The quantitative estimate of drug-likeness (QED) is 0.848. The van der Waals surface area contributed by atoms with Gasteiger partial charge in [-0.3, -0.25) is 9.59 Å². The van der Waals surface area contributed by atoms with Gasteiger partial charge in [0.1, 0.15) is 5.82 Å². The van der Waals surface area contributed by atoms with E-state index in [2.05, 4.69) is 5.32 Å². The first kappa shape index (κ1) is 15.8. The van der Waals surface area contributed by atoms with Crippen LogP contribution in [0.5, 0.6) is 0 Å². The number of nitrogens with one attached hydrogen (secondary N) is 1. The van der Waals surface area contributed by atoms with Gasteiger partial charge in [0.25, 0.3) is 0 Å². The number of amides is 1. The molecular weight excluding hydrogens is 297 g/mol. The van der Waals surface area contributed by atoms with E-state index >= 15 is 0 Å². The molecule has 0 unspecified atom stereocenters.